The van der Waals surface area contributed by atoms with Crippen LogP contribution in [-0.4, -0.2) is 6.61 Å². The summed E-state index contributed by atoms with van der Waals surface area (Å²) in [6, 6.07) is 5.23. The molecule has 0 heterocycles. The maximum absolute atomic E-state index is 14.5. The van der Waals surface area contributed by atoms with E-state index in [9.17, 15) is 17.6 Å². The van der Waals surface area contributed by atoms with E-state index in [0.29, 0.717) is 12.8 Å². The van der Waals surface area contributed by atoms with Gasteiger partial charge >= 0.3 is 0 Å². The van der Waals surface area contributed by atoms with Crippen LogP contribution in [-0.2, 0) is 6.42 Å². The third-order valence-electron chi connectivity index (χ3n) is 4.55. The highest BCUT2D eigenvalue weighted by Gasteiger charge is 2.21. The maximum Gasteiger partial charge on any atom is 0.201 e. The molecular weight excluding hydrogens is 356 g/mol. The second-order valence-corrected chi connectivity index (χ2v) is 6.65. The summed E-state index contributed by atoms with van der Waals surface area (Å²) >= 11 is 0. The van der Waals surface area contributed by atoms with E-state index in [1.165, 1.54) is 24.3 Å². The molecule has 0 aromatic heterocycles. The van der Waals surface area contributed by atoms with Crippen LogP contribution in [0.15, 0.2) is 24.3 Å². The van der Waals surface area contributed by atoms with Gasteiger partial charge in [0.15, 0.2) is 23.2 Å². The normalized spacial score (nSPS) is 11.0. The summed E-state index contributed by atoms with van der Waals surface area (Å²) in [5.41, 5.74) is -0.349. The largest absolute Gasteiger partial charge is 0.490 e. The van der Waals surface area contributed by atoms with Gasteiger partial charge in [-0.1, -0.05) is 51.7 Å². The highest BCUT2D eigenvalue weighted by molar-refractivity contribution is 5.66. The molecule has 0 aliphatic heterocycles. The molecule has 0 saturated heterocycles. The topological polar surface area (TPSA) is 9.23 Å². The molecule has 1 nitrogen and oxygen atoms in total. The number of hydrogen-bond acceptors (Lipinski definition) is 1. The number of rotatable bonds is 10. The minimum absolute atomic E-state index is 0.224. The van der Waals surface area contributed by atoms with E-state index in [2.05, 4.69) is 6.92 Å². The summed E-state index contributed by atoms with van der Waals surface area (Å²) in [6.45, 7) is 4.29. The summed E-state index contributed by atoms with van der Waals surface area (Å²) < 4.78 is 62.7. The van der Waals surface area contributed by atoms with Gasteiger partial charge < -0.3 is 4.74 Å². The lowest BCUT2D eigenvalue weighted by molar-refractivity contribution is 0.289. The summed E-state index contributed by atoms with van der Waals surface area (Å²) in [5.74, 6) is -4.80. The molecule has 0 fully saturated rings. The fraction of sp³-hybridized carbons (Fsp3) is 0.455. The van der Waals surface area contributed by atoms with Crippen LogP contribution < -0.4 is 4.74 Å². The molecule has 27 heavy (non-hydrogen) atoms. The van der Waals surface area contributed by atoms with E-state index >= 15 is 0 Å². The molecule has 2 rings (SSSR count). The number of aryl methyl sites for hydroxylation is 1. The molecule has 5 heteroatoms. The zero-order valence-electron chi connectivity index (χ0n) is 15.9. The van der Waals surface area contributed by atoms with Gasteiger partial charge in [0.05, 0.1) is 6.61 Å². The van der Waals surface area contributed by atoms with Gasteiger partial charge in [-0.25, -0.2) is 13.2 Å². The predicted molar refractivity (Wildman–Crippen MR) is 100.0 cm³/mol. The van der Waals surface area contributed by atoms with Crippen molar-refractivity contribution in [2.75, 3.05) is 6.61 Å². The molecule has 0 atom stereocenters. The molecule has 0 N–H and O–H groups in total. The molecule has 148 valence electrons. The first kappa shape index (κ1) is 21.3. The molecule has 0 bridgehead atoms. The van der Waals surface area contributed by atoms with Crippen LogP contribution in [0, 0.1) is 23.3 Å². The van der Waals surface area contributed by atoms with Crippen LogP contribution >= 0.6 is 0 Å². The van der Waals surface area contributed by atoms with Gasteiger partial charge in [-0.2, -0.15) is 4.39 Å². The Labute approximate surface area is 158 Å². The second-order valence-electron chi connectivity index (χ2n) is 6.65. The van der Waals surface area contributed by atoms with Crippen LogP contribution in [0.1, 0.15) is 57.9 Å². The molecular formula is C22H26F4O. The smallest absolute Gasteiger partial charge is 0.201 e. The zero-order chi connectivity index (χ0) is 19.8. The van der Waals surface area contributed by atoms with Crippen molar-refractivity contribution in [2.45, 2.75) is 58.8 Å². The monoisotopic (exact) mass is 382 g/mol. The van der Waals surface area contributed by atoms with E-state index in [1.807, 2.05) is 6.92 Å². The highest BCUT2D eigenvalue weighted by atomic mass is 19.2. The van der Waals surface area contributed by atoms with Crippen LogP contribution in [0.3, 0.4) is 0 Å². The minimum Gasteiger partial charge on any atom is -0.490 e. The van der Waals surface area contributed by atoms with Crippen molar-refractivity contribution in [1.29, 1.82) is 0 Å². The number of ether oxygens (including phenoxy) is 1. The lowest BCUT2D eigenvalue weighted by Gasteiger charge is -2.12. The average molecular weight is 382 g/mol. The Kier molecular flexibility index (Phi) is 8.14. The summed E-state index contributed by atoms with van der Waals surface area (Å²) in [6.07, 6.45) is 5.79. The first-order valence-corrected chi connectivity index (χ1v) is 9.59. The molecule has 0 aliphatic rings. The first-order valence-electron chi connectivity index (χ1n) is 9.59. The Morgan fingerprint density at radius 1 is 0.667 bits per heavy atom. The third-order valence-corrected chi connectivity index (χ3v) is 4.55. The SMILES string of the molecule is CCCCCCc1ccc(-c2ccc(OCCCC)c(F)c2F)c(F)c1F. The van der Waals surface area contributed by atoms with E-state index in [1.54, 1.807) is 0 Å². The first-order chi connectivity index (χ1) is 13.0. The van der Waals surface area contributed by atoms with Crippen LogP contribution in [0.25, 0.3) is 11.1 Å². The third kappa shape index (κ3) is 5.24. The molecule has 2 aromatic carbocycles. The van der Waals surface area contributed by atoms with Gasteiger partial charge in [0.1, 0.15) is 0 Å². The fourth-order valence-corrected chi connectivity index (χ4v) is 2.91. The lowest BCUT2D eigenvalue weighted by atomic mass is 9.99. The standard InChI is InChI=1S/C22H26F4O/c1-3-5-7-8-9-15-10-11-16(20(24)19(15)23)17-12-13-18(22(26)21(17)25)27-14-6-4-2/h10-13H,3-9,14H2,1-2H3. The van der Waals surface area contributed by atoms with Gasteiger partial charge in [-0.05, 0) is 37.0 Å². The Morgan fingerprint density at radius 2 is 1.30 bits per heavy atom. The van der Waals surface area contributed by atoms with E-state index < -0.39 is 23.3 Å². The van der Waals surface area contributed by atoms with Crippen LogP contribution in [0.5, 0.6) is 5.75 Å². The molecule has 0 amide bonds. The van der Waals surface area contributed by atoms with Crippen LogP contribution in [0.4, 0.5) is 17.6 Å². The second kappa shape index (κ2) is 10.3. The molecule has 0 aliphatic carbocycles. The molecule has 0 saturated carbocycles. The lowest BCUT2D eigenvalue weighted by Crippen LogP contribution is -2.03. The zero-order valence-corrected chi connectivity index (χ0v) is 15.9. The average Bonchev–Trinajstić information content (AvgIpc) is 2.66. The minimum atomic E-state index is -1.24. The van der Waals surface area contributed by atoms with E-state index in [0.717, 1.165) is 32.1 Å². The van der Waals surface area contributed by atoms with Gasteiger partial charge in [0.2, 0.25) is 5.82 Å². The Bertz CT molecular complexity index is 758. The van der Waals surface area contributed by atoms with Gasteiger partial charge in [-0.15, -0.1) is 0 Å². The number of unbranched alkanes of at least 4 members (excludes halogenated alkanes) is 4. The van der Waals surface area contributed by atoms with Crippen LogP contribution in [0.2, 0.25) is 0 Å². The number of benzene rings is 2. The van der Waals surface area contributed by atoms with Gasteiger partial charge in [-0.3, -0.25) is 0 Å². The summed E-state index contributed by atoms with van der Waals surface area (Å²) in [7, 11) is 0. The van der Waals surface area contributed by atoms with Crippen molar-refractivity contribution >= 4 is 0 Å². The predicted octanol–water partition coefficient (Wildman–Crippen LogP) is 7.21. The summed E-state index contributed by atoms with van der Waals surface area (Å²) in [4.78, 5) is 0. The Morgan fingerprint density at radius 3 is 1.96 bits per heavy atom. The van der Waals surface area contributed by atoms with Gasteiger partial charge in [0.25, 0.3) is 0 Å². The van der Waals surface area contributed by atoms with Crippen molar-refractivity contribution in [3.63, 3.8) is 0 Å². The summed E-state index contributed by atoms with van der Waals surface area (Å²) in [5, 5.41) is 0. The van der Waals surface area contributed by atoms with Crippen molar-refractivity contribution in [3.8, 4) is 16.9 Å². The number of halogens is 4. The maximum atomic E-state index is 14.5. The highest BCUT2D eigenvalue weighted by Crippen LogP contribution is 2.33. The Hall–Kier alpha value is -2.04. The van der Waals surface area contributed by atoms with E-state index in [-0.39, 0.29) is 29.0 Å². The molecule has 0 spiro atoms. The quantitative estimate of drug-likeness (QED) is 0.311. The molecule has 0 unspecified atom stereocenters. The number of hydrogen-bond donors (Lipinski definition) is 0. The Balaban J connectivity index is 2.25. The van der Waals surface area contributed by atoms with E-state index in [4.69, 9.17) is 4.74 Å². The fourth-order valence-electron chi connectivity index (χ4n) is 2.91. The van der Waals surface area contributed by atoms with Crippen molar-refractivity contribution in [2.24, 2.45) is 0 Å². The van der Waals surface area contributed by atoms with Gasteiger partial charge in [0, 0.05) is 11.1 Å². The molecule has 0 radical (unpaired) electrons. The van der Waals surface area contributed by atoms with Crippen molar-refractivity contribution in [1.82, 2.24) is 0 Å². The van der Waals surface area contributed by atoms with Crippen molar-refractivity contribution in [3.05, 3.63) is 53.1 Å². The molecule has 2 aromatic rings. The van der Waals surface area contributed by atoms with Crippen molar-refractivity contribution < 1.29 is 22.3 Å².